The van der Waals surface area contributed by atoms with Crippen molar-refractivity contribution in [2.75, 3.05) is 0 Å². The first-order chi connectivity index (χ1) is 10.7. The molecule has 0 aliphatic rings. The van der Waals surface area contributed by atoms with Gasteiger partial charge < -0.3 is 4.74 Å². The van der Waals surface area contributed by atoms with Crippen molar-refractivity contribution < 1.29 is 9.53 Å². The van der Waals surface area contributed by atoms with Crippen LogP contribution in [0.15, 0.2) is 18.7 Å². The standard InChI is InChI=1S/C15H18N6O2/c1-9-7-20-13(18-12(9)21-8-16-10(2)19-21)11(6-17-20)14(22)23-15(3,4)5/h6-8H,1-5H3. The Morgan fingerprint density at radius 1 is 1.26 bits per heavy atom. The van der Waals surface area contributed by atoms with Crippen molar-refractivity contribution >= 4 is 11.6 Å². The van der Waals surface area contributed by atoms with Gasteiger partial charge in [-0.2, -0.15) is 10.2 Å². The molecule has 0 radical (unpaired) electrons. The molecule has 0 atom stereocenters. The smallest absolute Gasteiger partial charge is 0.344 e. The Hall–Kier alpha value is -2.77. The van der Waals surface area contributed by atoms with Crippen molar-refractivity contribution in [1.82, 2.24) is 29.4 Å². The molecule has 0 unspecified atom stereocenters. The van der Waals surface area contributed by atoms with Gasteiger partial charge in [-0.05, 0) is 34.6 Å². The van der Waals surface area contributed by atoms with Crippen LogP contribution in [0.2, 0.25) is 0 Å². The molecular weight excluding hydrogens is 296 g/mol. The number of rotatable bonds is 2. The predicted molar refractivity (Wildman–Crippen MR) is 82.5 cm³/mol. The van der Waals surface area contributed by atoms with Crippen LogP contribution >= 0.6 is 0 Å². The molecule has 23 heavy (non-hydrogen) atoms. The number of carbonyl (C=O) groups is 1. The average molecular weight is 314 g/mol. The minimum Gasteiger partial charge on any atom is -0.456 e. The maximum atomic E-state index is 12.3. The molecule has 0 aromatic carbocycles. The Labute approximate surface area is 133 Å². The topological polar surface area (TPSA) is 87.2 Å². The Kier molecular flexibility index (Phi) is 3.39. The third kappa shape index (κ3) is 2.92. The van der Waals surface area contributed by atoms with Crippen molar-refractivity contribution in [3.63, 3.8) is 0 Å². The molecule has 0 aliphatic heterocycles. The van der Waals surface area contributed by atoms with Gasteiger partial charge in [-0.3, -0.25) is 0 Å². The fourth-order valence-electron chi connectivity index (χ4n) is 2.15. The van der Waals surface area contributed by atoms with Gasteiger partial charge in [0.15, 0.2) is 11.5 Å². The van der Waals surface area contributed by atoms with E-state index in [4.69, 9.17) is 4.74 Å². The van der Waals surface area contributed by atoms with Gasteiger partial charge in [0.25, 0.3) is 0 Å². The van der Waals surface area contributed by atoms with E-state index >= 15 is 0 Å². The molecular formula is C15H18N6O2. The Morgan fingerprint density at radius 3 is 2.61 bits per heavy atom. The fraction of sp³-hybridized carbons (Fsp3) is 0.400. The van der Waals surface area contributed by atoms with Crippen LogP contribution < -0.4 is 0 Å². The Morgan fingerprint density at radius 2 is 2.00 bits per heavy atom. The first-order valence-corrected chi connectivity index (χ1v) is 7.21. The van der Waals surface area contributed by atoms with Gasteiger partial charge in [-0.1, -0.05) is 0 Å². The number of nitrogens with zero attached hydrogens (tertiary/aromatic N) is 6. The number of aromatic nitrogens is 6. The fourth-order valence-corrected chi connectivity index (χ4v) is 2.15. The number of ether oxygens (including phenoxy) is 1. The van der Waals surface area contributed by atoms with Crippen LogP contribution in [0.5, 0.6) is 0 Å². The summed E-state index contributed by atoms with van der Waals surface area (Å²) in [5.74, 6) is 0.792. The van der Waals surface area contributed by atoms with Gasteiger partial charge in [-0.15, -0.1) is 0 Å². The number of hydrogen-bond donors (Lipinski definition) is 0. The van der Waals surface area contributed by atoms with E-state index in [-0.39, 0.29) is 0 Å². The first-order valence-electron chi connectivity index (χ1n) is 7.21. The summed E-state index contributed by atoms with van der Waals surface area (Å²) in [6, 6.07) is 0. The molecule has 8 nitrogen and oxygen atoms in total. The van der Waals surface area contributed by atoms with Gasteiger partial charge in [0, 0.05) is 11.8 Å². The molecule has 0 bridgehead atoms. The molecule has 3 aromatic heterocycles. The molecule has 3 aromatic rings. The molecule has 0 fully saturated rings. The highest BCUT2D eigenvalue weighted by molar-refractivity contribution is 5.95. The van der Waals surface area contributed by atoms with E-state index in [2.05, 4.69) is 20.2 Å². The lowest BCUT2D eigenvalue weighted by Gasteiger charge is -2.18. The summed E-state index contributed by atoms with van der Waals surface area (Å²) in [6.07, 6.45) is 4.85. The van der Waals surface area contributed by atoms with Crippen molar-refractivity contribution in [3.8, 4) is 5.82 Å². The van der Waals surface area contributed by atoms with E-state index in [0.717, 1.165) is 5.56 Å². The molecule has 0 aliphatic carbocycles. The maximum absolute atomic E-state index is 12.3. The van der Waals surface area contributed by atoms with Gasteiger partial charge >= 0.3 is 5.97 Å². The molecule has 3 rings (SSSR count). The number of carbonyl (C=O) groups excluding carboxylic acids is 1. The van der Waals surface area contributed by atoms with Crippen molar-refractivity contribution in [1.29, 1.82) is 0 Å². The summed E-state index contributed by atoms with van der Waals surface area (Å²) >= 11 is 0. The molecule has 0 spiro atoms. The zero-order valence-electron chi connectivity index (χ0n) is 13.7. The van der Waals surface area contributed by atoms with E-state index in [9.17, 15) is 4.79 Å². The number of fused-ring (bicyclic) bond motifs is 1. The summed E-state index contributed by atoms with van der Waals surface area (Å²) in [5, 5.41) is 8.44. The van der Waals surface area contributed by atoms with Crippen LogP contribution in [0.3, 0.4) is 0 Å². The lowest BCUT2D eigenvalue weighted by Crippen LogP contribution is -2.24. The monoisotopic (exact) mass is 314 g/mol. The molecule has 8 heteroatoms. The number of hydrogen-bond acceptors (Lipinski definition) is 6. The Balaban J connectivity index is 2.10. The van der Waals surface area contributed by atoms with E-state index < -0.39 is 11.6 Å². The highest BCUT2D eigenvalue weighted by Crippen LogP contribution is 2.18. The van der Waals surface area contributed by atoms with Crippen LogP contribution in [0.25, 0.3) is 11.5 Å². The zero-order chi connectivity index (χ0) is 16.8. The molecule has 0 amide bonds. The zero-order valence-corrected chi connectivity index (χ0v) is 13.7. The summed E-state index contributed by atoms with van der Waals surface area (Å²) in [7, 11) is 0. The van der Waals surface area contributed by atoms with Gasteiger partial charge in [0.1, 0.15) is 23.3 Å². The highest BCUT2D eigenvalue weighted by atomic mass is 16.6. The molecule has 0 saturated carbocycles. The summed E-state index contributed by atoms with van der Waals surface area (Å²) in [6.45, 7) is 9.15. The lowest BCUT2D eigenvalue weighted by atomic mass is 10.2. The van der Waals surface area contributed by atoms with Gasteiger partial charge in [0.2, 0.25) is 0 Å². The Bertz CT molecular complexity index is 887. The highest BCUT2D eigenvalue weighted by Gasteiger charge is 2.22. The van der Waals surface area contributed by atoms with Crippen molar-refractivity contribution in [2.24, 2.45) is 0 Å². The third-order valence-electron chi connectivity index (χ3n) is 3.09. The molecule has 120 valence electrons. The predicted octanol–water partition coefficient (Wildman–Crippen LogP) is 1.88. The van der Waals surface area contributed by atoms with Crippen molar-refractivity contribution in [3.05, 3.63) is 35.7 Å². The van der Waals surface area contributed by atoms with Gasteiger partial charge in [0.05, 0.1) is 6.20 Å². The van der Waals surface area contributed by atoms with Crippen LogP contribution in [-0.4, -0.2) is 40.9 Å². The minimum absolute atomic E-state index is 0.318. The average Bonchev–Trinajstić information content (AvgIpc) is 3.01. The molecule has 0 N–H and O–H groups in total. The second kappa shape index (κ2) is 5.15. The van der Waals surface area contributed by atoms with E-state index in [1.54, 1.807) is 28.6 Å². The quantitative estimate of drug-likeness (QED) is 0.671. The van der Waals surface area contributed by atoms with E-state index in [1.165, 1.54) is 6.20 Å². The minimum atomic E-state index is -0.581. The summed E-state index contributed by atoms with van der Waals surface area (Å²) in [4.78, 5) is 21.0. The number of aryl methyl sites for hydroxylation is 2. The normalized spacial score (nSPS) is 11.9. The van der Waals surface area contributed by atoms with Crippen LogP contribution in [0.4, 0.5) is 0 Å². The largest absolute Gasteiger partial charge is 0.456 e. The lowest BCUT2D eigenvalue weighted by molar-refractivity contribution is 0.00716. The second-order valence-corrected chi connectivity index (χ2v) is 6.31. The SMILES string of the molecule is Cc1ncn(-c2nc3c(C(=O)OC(C)(C)C)cnn3cc2C)n1. The second-order valence-electron chi connectivity index (χ2n) is 6.31. The van der Waals surface area contributed by atoms with Crippen molar-refractivity contribution in [2.45, 2.75) is 40.2 Å². The first kappa shape index (κ1) is 15.1. The number of esters is 1. The van der Waals surface area contributed by atoms with E-state index in [0.29, 0.717) is 22.9 Å². The van der Waals surface area contributed by atoms with Gasteiger partial charge in [-0.25, -0.2) is 24.0 Å². The van der Waals surface area contributed by atoms with E-state index in [1.807, 2.05) is 27.7 Å². The third-order valence-corrected chi connectivity index (χ3v) is 3.09. The summed E-state index contributed by atoms with van der Waals surface area (Å²) in [5.41, 5.74) is 1.02. The van der Waals surface area contributed by atoms with Crippen LogP contribution in [0, 0.1) is 13.8 Å². The molecule has 3 heterocycles. The summed E-state index contributed by atoms with van der Waals surface area (Å²) < 4.78 is 8.54. The van der Waals surface area contributed by atoms with Crippen LogP contribution in [0.1, 0.15) is 42.5 Å². The van der Waals surface area contributed by atoms with Crippen LogP contribution in [-0.2, 0) is 4.74 Å². The molecule has 0 saturated heterocycles. The maximum Gasteiger partial charge on any atom is 0.344 e.